The van der Waals surface area contributed by atoms with Gasteiger partial charge >= 0.3 is 0 Å². The number of hydrogen-bond donors (Lipinski definition) is 1. The van der Waals surface area contributed by atoms with Gasteiger partial charge in [0, 0.05) is 11.4 Å². The Morgan fingerprint density at radius 2 is 2.17 bits per heavy atom. The second kappa shape index (κ2) is 5.85. The predicted octanol–water partition coefficient (Wildman–Crippen LogP) is 4.07. The van der Waals surface area contributed by atoms with Gasteiger partial charge in [-0.3, -0.25) is 0 Å². The molecule has 1 N–H and O–H groups in total. The van der Waals surface area contributed by atoms with Gasteiger partial charge in [-0.15, -0.1) is 22.9 Å². The van der Waals surface area contributed by atoms with Crippen LogP contribution in [0.2, 0.25) is 0 Å². The third kappa shape index (κ3) is 3.33. The molecule has 0 bridgehead atoms. The third-order valence-electron chi connectivity index (χ3n) is 2.67. The molecule has 0 aliphatic carbocycles. The van der Waals surface area contributed by atoms with Crippen molar-refractivity contribution in [2.75, 3.05) is 11.9 Å². The van der Waals surface area contributed by atoms with Crippen molar-refractivity contribution in [2.24, 2.45) is 5.92 Å². The first kappa shape index (κ1) is 13.6. The average Bonchev–Trinajstić information content (AvgIpc) is 2.66. The van der Waals surface area contributed by atoms with Gasteiger partial charge in [-0.2, -0.15) is 0 Å². The van der Waals surface area contributed by atoms with E-state index in [1.807, 2.05) is 0 Å². The van der Waals surface area contributed by atoms with Crippen LogP contribution in [-0.2, 0) is 0 Å². The molecule has 0 aliphatic heterocycles. The number of nitrogens with one attached hydrogen (secondary N) is 1. The topological polar surface area (TPSA) is 37.8 Å². The van der Waals surface area contributed by atoms with Crippen LogP contribution in [0.25, 0.3) is 10.2 Å². The summed E-state index contributed by atoms with van der Waals surface area (Å²) in [5, 5.41) is 4.55. The molecule has 18 heavy (non-hydrogen) atoms. The second-order valence-electron chi connectivity index (χ2n) is 4.91. The molecule has 2 aromatic heterocycles. The number of halogens is 1. The van der Waals surface area contributed by atoms with Gasteiger partial charge in [0.25, 0.3) is 0 Å². The average molecular weight is 284 g/mol. The highest BCUT2D eigenvalue weighted by Gasteiger charge is 2.10. The Labute approximate surface area is 117 Å². The number of nitrogens with zero attached hydrogens (tertiary/aromatic N) is 2. The fraction of sp³-hybridized carbons (Fsp3) is 0.538. The van der Waals surface area contributed by atoms with Crippen LogP contribution < -0.4 is 5.32 Å². The molecule has 2 heterocycles. The Morgan fingerprint density at radius 3 is 2.89 bits per heavy atom. The van der Waals surface area contributed by atoms with Gasteiger partial charge in [-0.1, -0.05) is 13.8 Å². The quantitative estimate of drug-likeness (QED) is 0.841. The van der Waals surface area contributed by atoms with Crippen LogP contribution in [0.4, 0.5) is 5.82 Å². The van der Waals surface area contributed by atoms with Crippen molar-refractivity contribution in [1.29, 1.82) is 0 Å². The second-order valence-corrected chi connectivity index (χ2v) is 6.76. The highest BCUT2D eigenvalue weighted by atomic mass is 35.5. The summed E-state index contributed by atoms with van der Waals surface area (Å²) in [6, 6.07) is 2.12. The number of aromatic nitrogens is 2. The monoisotopic (exact) mass is 283 g/mol. The largest absolute Gasteiger partial charge is 0.368 e. The highest BCUT2D eigenvalue weighted by Crippen LogP contribution is 2.27. The first-order valence-electron chi connectivity index (χ1n) is 6.15. The SMILES string of the molecule is Cc1cc2c(NCC(Cl)CC(C)C)ncnc2s1. The van der Waals surface area contributed by atoms with Crippen LogP contribution in [0, 0.1) is 12.8 Å². The molecular weight excluding hydrogens is 266 g/mol. The van der Waals surface area contributed by atoms with Crippen molar-refractivity contribution in [1.82, 2.24) is 9.97 Å². The van der Waals surface area contributed by atoms with E-state index in [0.717, 1.165) is 29.0 Å². The van der Waals surface area contributed by atoms with E-state index >= 15 is 0 Å². The molecule has 0 spiro atoms. The van der Waals surface area contributed by atoms with Crippen LogP contribution in [0.3, 0.4) is 0 Å². The predicted molar refractivity (Wildman–Crippen MR) is 79.7 cm³/mol. The number of aryl methyl sites for hydroxylation is 1. The molecule has 0 amide bonds. The van der Waals surface area contributed by atoms with Crippen molar-refractivity contribution in [3.05, 3.63) is 17.3 Å². The first-order chi connectivity index (χ1) is 8.56. The maximum Gasteiger partial charge on any atom is 0.138 e. The minimum atomic E-state index is 0.134. The van der Waals surface area contributed by atoms with Gasteiger partial charge in [-0.05, 0) is 25.3 Å². The van der Waals surface area contributed by atoms with E-state index in [1.165, 1.54) is 4.88 Å². The van der Waals surface area contributed by atoms with Crippen LogP contribution in [0.1, 0.15) is 25.1 Å². The lowest BCUT2D eigenvalue weighted by Gasteiger charge is -2.13. The third-order valence-corrected chi connectivity index (χ3v) is 3.96. The summed E-state index contributed by atoms with van der Waals surface area (Å²) in [7, 11) is 0. The van der Waals surface area contributed by atoms with Crippen LogP contribution in [0.15, 0.2) is 12.4 Å². The van der Waals surface area contributed by atoms with Gasteiger partial charge in [0.05, 0.1) is 10.8 Å². The molecule has 98 valence electrons. The van der Waals surface area contributed by atoms with E-state index in [9.17, 15) is 0 Å². The minimum Gasteiger partial charge on any atom is -0.368 e. The van der Waals surface area contributed by atoms with E-state index < -0.39 is 0 Å². The maximum atomic E-state index is 6.28. The summed E-state index contributed by atoms with van der Waals surface area (Å²) in [6.45, 7) is 7.18. The normalized spacial score (nSPS) is 13.2. The zero-order valence-electron chi connectivity index (χ0n) is 10.9. The molecule has 0 aromatic carbocycles. The summed E-state index contributed by atoms with van der Waals surface area (Å²) in [5.74, 6) is 1.50. The van der Waals surface area contributed by atoms with Gasteiger partial charge in [0.2, 0.25) is 0 Å². The van der Waals surface area contributed by atoms with Crippen LogP contribution >= 0.6 is 22.9 Å². The lowest BCUT2D eigenvalue weighted by Crippen LogP contribution is -2.17. The van der Waals surface area contributed by atoms with E-state index in [0.29, 0.717) is 5.92 Å². The standard InChI is InChI=1S/C13H18ClN3S/c1-8(2)4-10(14)6-15-12-11-5-9(3)18-13(11)17-7-16-12/h5,7-8,10H,4,6H2,1-3H3,(H,15,16,17). The number of rotatable bonds is 5. The summed E-state index contributed by atoms with van der Waals surface area (Å²) < 4.78 is 0. The van der Waals surface area contributed by atoms with Crippen molar-refractivity contribution < 1.29 is 0 Å². The Bertz CT molecular complexity index is 524. The molecule has 2 rings (SSSR count). The van der Waals surface area contributed by atoms with Crippen LogP contribution in [0.5, 0.6) is 0 Å². The number of hydrogen-bond acceptors (Lipinski definition) is 4. The van der Waals surface area contributed by atoms with Crippen molar-refractivity contribution in [3.8, 4) is 0 Å². The first-order valence-corrected chi connectivity index (χ1v) is 7.40. The van der Waals surface area contributed by atoms with E-state index in [-0.39, 0.29) is 5.38 Å². The lowest BCUT2D eigenvalue weighted by molar-refractivity contribution is 0.572. The van der Waals surface area contributed by atoms with Crippen LogP contribution in [-0.4, -0.2) is 21.9 Å². The van der Waals surface area contributed by atoms with E-state index in [4.69, 9.17) is 11.6 Å². The van der Waals surface area contributed by atoms with Crippen molar-refractivity contribution in [3.63, 3.8) is 0 Å². The summed E-state index contributed by atoms with van der Waals surface area (Å²) in [5.41, 5.74) is 0. The minimum absolute atomic E-state index is 0.134. The zero-order valence-corrected chi connectivity index (χ0v) is 12.5. The Balaban J connectivity index is 2.07. The smallest absolute Gasteiger partial charge is 0.138 e. The Kier molecular flexibility index (Phi) is 4.40. The fourth-order valence-corrected chi connectivity index (χ4v) is 3.20. The van der Waals surface area contributed by atoms with Gasteiger partial charge in [-0.25, -0.2) is 9.97 Å². The van der Waals surface area contributed by atoms with Crippen molar-refractivity contribution in [2.45, 2.75) is 32.6 Å². The molecule has 0 saturated carbocycles. The maximum absolute atomic E-state index is 6.28. The molecule has 0 aliphatic rings. The summed E-state index contributed by atoms with van der Waals surface area (Å²) >= 11 is 7.97. The summed E-state index contributed by atoms with van der Waals surface area (Å²) in [4.78, 5) is 10.8. The number of anilines is 1. The molecular formula is C13H18ClN3S. The molecule has 0 radical (unpaired) electrons. The lowest BCUT2D eigenvalue weighted by atomic mass is 10.1. The van der Waals surface area contributed by atoms with Crippen molar-refractivity contribution >= 4 is 39.0 Å². The van der Waals surface area contributed by atoms with Gasteiger partial charge in [0.15, 0.2) is 0 Å². The molecule has 5 heteroatoms. The van der Waals surface area contributed by atoms with Gasteiger partial charge in [0.1, 0.15) is 17.0 Å². The molecule has 3 nitrogen and oxygen atoms in total. The highest BCUT2D eigenvalue weighted by molar-refractivity contribution is 7.18. The molecule has 1 unspecified atom stereocenters. The molecule has 0 saturated heterocycles. The zero-order chi connectivity index (χ0) is 13.1. The number of alkyl halides is 1. The molecule has 1 atom stereocenters. The Morgan fingerprint density at radius 1 is 1.39 bits per heavy atom. The van der Waals surface area contributed by atoms with E-state index in [1.54, 1.807) is 17.7 Å². The van der Waals surface area contributed by atoms with E-state index in [2.05, 4.69) is 42.1 Å². The fourth-order valence-electron chi connectivity index (χ4n) is 1.92. The summed E-state index contributed by atoms with van der Waals surface area (Å²) in [6.07, 6.45) is 2.61. The number of fused-ring (bicyclic) bond motifs is 1. The van der Waals surface area contributed by atoms with Gasteiger partial charge < -0.3 is 5.32 Å². The Hall–Kier alpha value is -0.870. The number of thiophene rings is 1. The molecule has 0 fully saturated rings. The molecule has 2 aromatic rings.